The molecular weight excluding hydrogens is 540 g/mol. The van der Waals surface area contributed by atoms with E-state index in [9.17, 15) is 24.0 Å². The molecule has 0 radical (unpaired) electrons. The van der Waals surface area contributed by atoms with Gasteiger partial charge in [-0.3, -0.25) is 29.4 Å². The average molecular weight is 581 g/mol. The molecule has 11 N–H and O–H groups in total. The van der Waals surface area contributed by atoms with Gasteiger partial charge in [0.25, 0.3) is 0 Å². The molecule has 0 unspecified atom stereocenters. The van der Waals surface area contributed by atoms with E-state index < -0.39 is 41.8 Å². The van der Waals surface area contributed by atoms with Crippen molar-refractivity contribution in [2.45, 2.75) is 57.2 Å². The SMILES string of the molecule is CC(=O)N[C@H](CCCN)C(=O)N[C@@H](CCCNC(=N)N)C(=O)N[C@@H](Cc1ccc(C(=O)c2ccccc2)cc1)C(N)=O. The summed E-state index contributed by atoms with van der Waals surface area (Å²) in [5, 5.41) is 17.8. The number of carbonyl (C=O) groups is 5. The van der Waals surface area contributed by atoms with Crippen LogP contribution in [0.2, 0.25) is 0 Å². The lowest BCUT2D eigenvalue weighted by atomic mass is 9.99. The summed E-state index contributed by atoms with van der Waals surface area (Å²) in [6.07, 6.45) is 1.29. The lowest BCUT2D eigenvalue weighted by Gasteiger charge is -2.25. The molecule has 0 fully saturated rings. The van der Waals surface area contributed by atoms with Crippen LogP contribution < -0.4 is 38.5 Å². The second kappa shape index (κ2) is 17.1. The number of carbonyl (C=O) groups excluding carboxylic acids is 5. The van der Waals surface area contributed by atoms with E-state index in [4.69, 9.17) is 22.6 Å². The standard InChI is InChI=1S/C29H40N8O5/c1-18(38)35-22(9-5-15-30)27(41)36-23(10-6-16-34-29(32)33)28(42)37-24(26(31)40)17-19-11-13-21(14-12-19)25(39)20-7-3-2-4-8-20/h2-4,7-8,11-14,22-24H,5-6,9-10,15-17,30H2,1H3,(H2,31,40)(H,35,38)(H,36,41)(H,37,42)(H4,32,33,34)/t22-,23+,24+/m1/s1. The Morgan fingerprint density at radius 3 is 1.86 bits per heavy atom. The third-order valence-electron chi connectivity index (χ3n) is 6.36. The molecule has 0 aliphatic heterocycles. The first-order valence-corrected chi connectivity index (χ1v) is 13.7. The van der Waals surface area contributed by atoms with Crippen LogP contribution in [0.5, 0.6) is 0 Å². The van der Waals surface area contributed by atoms with E-state index in [2.05, 4.69) is 21.3 Å². The molecule has 13 heteroatoms. The molecule has 2 aromatic carbocycles. The number of hydrogen-bond donors (Lipinski definition) is 8. The summed E-state index contributed by atoms with van der Waals surface area (Å²) >= 11 is 0. The first kappa shape index (κ1) is 33.4. The van der Waals surface area contributed by atoms with Gasteiger partial charge in [0, 0.05) is 31.0 Å². The Kier molecular flexibility index (Phi) is 13.6. The number of primary amides is 1. The maximum absolute atomic E-state index is 13.3. The molecule has 0 spiro atoms. The van der Waals surface area contributed by atoms with Crippen LogP contribution in [0, 0.1) is 5.41 Å². The third-order valence-corrected chi connectivity index (χ3v) is 6.36. The zero-order valence-electron chi connectivity index (χ0n) is 23.7. The minimum absolute atomic E-state index is 0.0540. The quantitative estimate of drug-likeness (QED) is 0.0520. The summed E-state index contributed by atoms with van der Waals surface area (Å²) in [5.74, 6) is -2.81. The van der Waals surface area contributed by atoms with Crippen molar-refractivity contribution in [1.82, 2.24) is 21.3 Å². The second-order valence-corrected chi connectivity index (χ2v) is 9.79. The van der Waals surface area contributed by atoms with Gasteiger partial charge in [-0.25, -0.2) is 0 Å². The van der Waals surface area contributed by atoms with Gasteiger partial charge in [0.2, 0.25) is 23.6 Å². The van der Waals surface area contributed by atoms with Gasteiger partial charge in [0.15, 0.2) is 11.7 Å². The Morgan fingerprint density at radius 1 is 0.762 bits per heavy atom. The molecule has 0 saturated heterocycles. The van der Waals surface area contributed by atoms with Crippen molar-refractivity contribution in [3.8, 4) is 0 Å². The Morgan fingerprint density at radius 2 is 1.31 bits per heavy atom. The lowest BCUT2D eigenvalue weighted by Crippen LogP contribution is -2.56. The summed E-state index contributed by atoms with van der Waals surface area (Å²) in [6, 6.07) is 12.4. The summed E-state index contributed by atoms with van der Waals surface area (Å²) < 4.78 is 0. The van der Waals surface area contributed by atoms with E-state index in [1.165, 1.54) is 6.92 Å². The Bertz CT molecular complexity index is 1240. The van der Waals surface area contributed by atoms with Crippen molar-refractivity contribution in [2.24, 2.45) is 17.2 Å². The minimum Gasteiger partial charge on any atom is -0.370 e. The minimum atomic E-state index is -1.11. The number of amides is 4. The largest absolute Gasteiger partial charge is 0.370 e. The van der Waals surface area contributed by atoms with Gasteiger partial charge in [0.1, 0.15) is 18.1 Å². The summed E-state index contributed by atoms with van der Waals surface area (Å²) in [7, 11) is 0. The van der Waals surface area contributed by atoms with Crippen molar-refractivity contribution in [2.75, 3.05) is 13.1 Å². The number of ketones is 1. The molecular formula is C29H40N8O5. The van der Waals surface area contributed by atoms with Crippen LogP contribution in [0.15, 0.2) is 54.6 Å². The molecule has 0 heterocycles. The van der Waals surface area contributed by atoms with Gasteiger partial charge in [-0.05, 0) is 37.8 Å². The maximum Gasteiger partial charge on any atom is 0.243 e. The Labute approximate surface area is 244 Å². The van der Waals surface area contributed by atoms with E-state index in [1.807, 2.05) is 6.07 Å². The number of nitrogens with one attached hydrogen (secondary N) is 5. The van der Waals surface area contributed by atoms with Crippen molar-refractivity contribution < 1.29 is 24.0 Å². The molecule has 2 aromatic rings. The fourth-order valence-electron chi connectivity index (χ4n) is 4.19. The van der Waals surface area contributed by atoms with Crippen molar-refractivity contribution in [3.05, 3.63) is 71.3 Å². The average Bonchev–Trinajstić information content (AvgIpc) is 2.96. The number of benzene rings is 2. The molecule has 3 atom stereocenters. The number of nitrogens with two attached hydrogens (primary N) is 3. The van der Waals surface area contributed by atoms with E-state index in [-0.39, 0.29) is 37.6 Å². The first-order valence-electron chi connectivity index (χ1n) is 13.7. The second-order valence-electron chi connectivity index (χ2n) is 9.79. The zero-order valence-corrected chi connectivity index (χ0v) is 23.7. The molecule has 4 amide bonds. The summed E-state index contributed by atoms with van der Waals surface area (Å²) in [4.78, 5) is 62.9. The highest BCUT2D eigenvalue weighted by Crippen LogP contribution is 2.13. The van der Waals surface area contributed by atoms with Crippen LogP contribution >= 0.6 is 0 Å². The molecule has 2 rings (SSSR count). The smallest absolute Gasteiger partial charge is 0.243 e. The molecule has 0 aliphatic rings. The highest BCUT2D eigenvalue weighted by Gasteiger charge is 2.28. The number of guanidine groups is 1. The van der Waals surface area contributed by atoms with Gasteiger partial charge < -0.3 is 38.5 Å². The van der Waals surface area contributed by atoms with Crippen molar-refractivity contribution in [1.29, 1.82) is 5.41 Å². The molecule has 0 aromatic heterocycles. The monoisotopic (exact) mass is 580 g/mol. The molecule has 0 bridgehead atoms. The van der Waals surface area contributed by atoms with Crippen LogP contribution in [0.3, 0.4) is 0 Å². The molecule has 13 nitrogen and oxygen atoms in total. The molecule has 0 aliphatic carbocycles. The van der Waals surface area contributed by atoms with Crippen molar-refractivity contribution >= 4 is 35.4 Å². The Hall–Kier alpha value is -4.78. The number of rotatable bonds is 17. The van der Waals surface area contributed by atoms with E-state index >= 15 is 0 Å². The summed E-state index contributed by atoms with van der Waals surface area (Å²) in [6.45, 7) is 1.86. The van der Waals surface area contributed by atoms with Gasteiger partial charge in [0.05, 0.1) is 0 Å². The van der Waals surface area contributed by atoms with E-state index in [1.54, 1.807) is 48.5 Å². The van der Waals surface area contributed by atoms with Crippen LogP contribution in [-0.2, 0) is 25.6 Å². The van der Waals surface area contributed by atoms with E-state index in [0.29, 0.717) is 36.1 Å². The fourth-order valence-corrected chi connectivity index (χ4v) is 4.19. The number of hydrogen-bond acceptors (Lipinski definition) is 7. The van der Waals surface area contributed by atoms with Crippen LogP contribution in [0.25, 0.3) is 0 Å². The maximum atomic E-state index is 13.3. The summed E-state index contributed by atoms with van der Waals surface area (Å²) in [5.41, 5.74) is 18.1. The van der Waals surface area contributed by atoms with Crippen LogP contribution in [0.4, 0.5) is 0 Å². The molecule has 226 valence electrons. The predicted octanol–water partition coefficient (Wildman–Crippen LogP) is -0.578. The normalized spacial score (nSPS) is 12.7. The van der Waals surface area contributed by atoms with Gasteiger partial charge in [-0.1, -0.05) is 54.6 Å². The highest BCUT2D eigenvalue weighted by molar-refractivity contribution is 6.09. The Balaban J connectivity index is 2.14. The zero-order chi connectivity index (χ0) is 31.1. The van der Waals surface area contributed by atoms with Gasteiger partial charge in [-0.2, -0.15) is 0 Å². The third kappa shape index (κ3) is 11.4. The fraction of sp³-hybridized carbons (Fsp3) is 0.379. The predicted molar refractivity (Wildman–Crippen MR) is 158 cm³/mol. The van der Waals surface area contributed by atoms with E-state index in [0.717, 1.165) is 0 Å². The highest BCUT2D eigenvalue weighted by atomic mass is 16.2. The van der Waals surface area contributed by atoms with Crippen LogP contribution in [0.1, 0.15) is 54.1 Å². The van der Waals surface area contributed by atoms with Crippen LogP contribution in [-0.4, -0.2) is 66.6 Å². The molecule has 0 saturated carbocycles. The molecule has 42 heavy (non-hydrogen) atoms. The topological polar surface area (TPSA) is 235 Å². The van der Waals surface area contributed by atoms with Crippen molar-refractivity contribution in [3.63, 3.8) is 0 Å². The van der Waals surface area contributed by atoms with Gasteiger partial charge in [-0.15, -0.1) is 0 Å². The lowest BCUT2D eigenvalue weighted by molar-refractivity contribution is -0.133. The van der Waals surface area contributed by atoms with Gasteiger partial charge >= 0.3 is 0 Å². The first-order chi connectivity index (χ1) is 20.0.